The first-order chi connectivity index (χ1) is 14.5. The van der Waals surface area contributed by atoms with Gasteiger partial charge in [-0.05, 0) is 55.8 Å². The second-order valence-corrected chi connectivity index (χ2v) is 7.27. The van der Waals surface area contributed by atoms with Crippen LogP contribution in [0.2, 0.25) is 0 Å². The zero-order valence-corrected chi connectivity index (χ0v) is 16.7. The molecule has 0 saturated carbocycles. The van der Waals surface area contributed by atoms with Gasteiger partial charge in [-0.2, -0.15) is 0 Å². The number of hydrogen-bond donors (Lipinski definition) is 1. The van der Waals surface area contributed by atoms with Gasteiger partial charge in [0.1, 0.15) is 0 Å². The number of aromatic nitrogens is 1. The smallest absolute Gasteiger partial charge is 0.340 e. The van der Waals surface area contributed by atoms with Gasteiger partial charge in [0.2, 0.25) is 5.90 Å². The van der Waals surface area contributed by atoms with Crippen molar-refractivity contribution in [1.29, 1.82) is 0 Å². The van der Waals surface area contributed by atoms with E-state index in [9.17, 15) is 9.59 Å². The van der Waals surface area contributed by atoms with Crippen molar-refractivity contribution in [3.05, 3.63) is 101 Å². The van der Waals surface area contributed by atoms with Gasteiger partial charge in [0.05, 0.1) is 6.04 Å². The highest BCUT2D eigenvalue weighted by Gasteiger charge is 2.38. The number of hydrogen-bond acceptors (Lipinski definition) is 5. The number of rotatable bonds is 5. The van der Waals surface area contributed by atoms with Crippen molar-refractivity contribution < 1.29 is 14.3 Å². The van der Waals surface area contributed by atoms with Crippen LogP contribution in [-0.4, -0.2) is 28.8 Å². The monoisotopic (exact) mass is 399 g/mol. The molecular weight excluding hydrogens is 378 g/mol. The lowest BCUT2D eigenvalue weighted by Gasteiger charge is -2.21. The predicted octanol–water partition coefficient (Wildman–Crippen LogP) is 3.54. The van der Waals surface area contributed by atoms with Gasteiger partial charge < -0.3 is 10.1 Å². The molecule has 1 aromatic heterocycles. The number of ether oxygens (including phenoxy) is 1. The van der Waals surface area contributed by atoms with Gasteiger partial charge >= 0.3 is 5.97 Å². The third-order valence-electron chi connectivity index (χ3n) is 4.87. The fourth-order valence-corrected chi connectivity index (χ4v) is 3.53. The van der Waals surface area contributed by atoms with Gasteiger partial charge in [-0.1, -0.05) is 35.4 Å². The molecule has 2 unspecified atom stereocenters. The molecule has 2 heterocycles. The summed E-state index contributed by atoms with van der Waals surface area (Å²) in [7, 11) is 0. The van der Waals surface area contributed by atoms with Gasteiger partial charge in [-0.3, -0.25) is 9.78 Å². The van der Waals surface area contributed by atoms with E-state index in [1.165, 1.54) is 0 Å². The number of aryl methyl sites for hydroxylation is 2. The molecule has 2 aromatic carbocycles. The molecule has 1 N–H and O–H groups in total. The first-order valence-electron chi connectivity index (χ1n) is 9.65. The molecule has 3 aromatic rings. The molecule has 0 radical (unpaired) electrons. The molecule has 6 nitrogen and oxygen atoms in total. The van der Waals surface area contributed by atoms with Crippen LogP contribution in [0, 0.1) is 13.8 Å². The molecule has 0 aliphatic carbocycles. The van der Waals surface area contributed by atoms with Crippen molar-refractivity contribution in [2.24, 2.45) is 4.99 Å². The average Bonchev–Trinajstić information content (AvgIpc) is 3.14. The van der Waals surface area contributed by atoms with Crippen molar-refractivity contribution in [2.75, 3.05) is 0 Å². The summed E-state index contributed by atoms with van der Waals surface area (Å²) in [6.45, 7) is 3.88. The number of aliphatic imine (C=N–C) groups is 1. The minimum atomic E-state index is -0.891. The molecule has 0 spiro atoms. The molecule has 1 aliphatic rings. The second-order valence-electron chi connectivity index (χ2n) is 7.27. The summed E-state index contributed by atoms with van der Waals surface area (Å²) >= 11 is 0. The molecule has 150 valence electrons. The van der Waals surface area contributed by atoms with Crippen LogP contribution in [0.15, 0.2) is 78.0 Å². The zero-order chi connectivity index (χ0) is 21.1. The maximum atomic E-state index is 13.0. The molecule has 2 atom stereocenters. The topological polar surface area (TPSA) is 80.7 Å². The number of cyclic esters (lactones) is 1. The lowest BCUT2D eigenvalue weighted by Crippen LogP contribution is -2.38. The molecule has 0 fully saturated rings. The Morgan fingerprint density at radius 1 is 1.00 bits per heavy atom. The number of nitrogens with one attached hydrogen (secondary N) is 1. The first-order valence-corrected chi connectivity index (χ1v) is 9.65. The molecule has 30 heavy (non-hydrogen) atoms. The van der Waals surface area contributed by atoms with Crippen molar-refractivity contribution in [1.82, 2.24) is 10.3 Å². The van der Waals surface area contributed by atoms with E-state index in [4.69, 9.17) is 4.74 Å². The Bertz CT molecular complexity index is 1090. The summed E-state index contributed by atoms with van der Waals surface area (Å²) in [5, 5.41) is 2.97. The number of carbonyl (C=O) groups excluding carboxylic acids is 2. The van der Waals surface area contributed by atoms with Crippen LogP contribution in [-0.2, 0) is 9.53 Å². The molecule has 0 saturated heterocycles. The third-order valence-corrected chi connectivity index (χ3v) is 4.87. The Morgan fingerprint density at radius 2 is 1.67 bits per heavy atom. The van der Waals surface area contributed by atoms with Gasteiger partial charge in [-0.25, -0.2) is 9.79 Å². The van der Waals surface area contributed by atoms with E-state index >= 15 is 0 Å². The van der Waals surface area contributed by atoms with Gasteiger partial charge in [0.25, 0.3) is 5.91 Å². The summed E-state index contributed by atoms with van der Waals surface area (Å²) in [5.74, 6) is -0.526. The van der Waals surface area contributed by atoms with Crippen molar-refractivity contribution in [3.63, 3.8) is 0 Å². The number of benzene rings is 2. The normalized spacial score (nSPS) is 16.5. The Labute approximate surface area is 174 Å². The highest BCUT2D eigenvalue weighted by Crippen LogP contribution is 2.26. The lowest BCUT2D eigenvalue weighted by molar-refractivity contribution is -0.135. The maximum Gasteiger partial charge on any atom is 0.340 e. The zero-order valence-electron chi connectivity index (χ0n) is 16.7. The van der Waals surface area contributed by atoms with Crippen molar-refractivity contribution >= 4 is 17.8 Å². The molecule has 0 bridgehead atoms. The fourth-order valence-electron chi connectivity index (χ4n) is 3.53. The highest BCUT2D eigenvalue weighted by molar-refractivity contribution is 6.06. The average molecular weight is 399 g/mol. The standard InChI is InChI=1S/C24H21N3O3/c1-15-12-16(2)14-19(13-15)22(28)26-20(17-8-10-25-11-9-17)21-24(29)30-23(27-21)18-6-4-3-5-7-18/h3-14,20-21H,1-2H3,(H,26,28). The summed E-state index contributed by atoms with van der Waals surface area (Å²) in [4.78, 5) is 34.3. The van der Waals surface area contributed by atoms with Crippen LogP contribution in [0.4, 0.5) is 0 Å². The second kappa shape index (κ2) is 8.29. The molecular formula is C24H21N3O3. The van der Waals surface area contributed by atoms with Crippen LogP contribution in [0.25, 0.3) is 0 Å². The summed E-state index contributed by atoms with van der Waals surface area (Å²) in [6.07, 6.45) is 3.24. The third kappa shape index (κ3) is 4.12. The van der Waals surface area contributed by atoms with E-state index in [2.05, 4.69) is 15.3 Å². The molecule has 1 aliphatic heterocycles. The quantitative estimate of drug-likeness (QED) is 0.666. The van der Waals surface area contributed by atoms with Crippen LogP contribution < -0.4 is 5.32 Å². The maximum absolute atomic E-state index is 13.0. The highest BCUT2D eigenvalue weighted by atomic mass is 16.6. The number of esters is 1. The minimum absolute atomic E-state index is 0.255. The van der Waals surface area contributed by atoms with Crippen molar-refractivity contribution in [2.45, 2.75) is 25.9 Å². The Morgan fingerprint density at radius 3 is 2.33 bits per heavy atom. The van der Waals surface area contributed by atoms with Crippen LogP contribution in [0.1, 0.15) is 38.7 Å². The van der Waals surface area contributed by atoms with E-state index < -0.39 is 18.1 Å². The van der Waals surface area contributed by atoms with E-state index in [0.717, 1.165) is 16.7 Å². The van der Waals surface area contributed by atoms with Gasteiger partial charge in [0, 0.05) is 23.5 Å². The first kappa shape index (κ1) is 19.5. The van der Waals surface area contributed by atoms with E-state index in [0.29, 0.717) is 11.1 Å². The van der Waals surface area contributed by atoms with Crippen LogP contribution >= 0.6 is 0 Å². The van der Waals surface area contributed by atoms with Crippen LogP contribution in [0.3, 0.4) is 0 Å². The summed E-state index contributed by atoms with van der Waals surface area (Å²) in [5.41, 5.74) is 3.95. The number of amides is 1. The number of nitrogens with zero attached hydrogens (tertiary/aromatic N) is 2. The predicted molar refractivity (Wildman–Crippen MR) is 113 cm³/mol. The molecule has 4 rings (SSSR count). The van der Waals surface area contributed by atoms with Crippen LogP contribution in [0.5, 0.6) is 0 Å². The largest absolute Gasteiger partial charge is 0.405 e. The number of pyridine rings is 1. The van der Waals surface area contributed by atoms with E-state index in [1.807, 2.05) is 62.4 Å². The van der Waals surface area contributed by atoms with Crippen molar-refractivity contribution in [3.8, 4) is 0 Å². The Balaban J connectivity index is 1.68. The number of carbonyl (C=O) groups is 2. The van der Waals surface area contributed by atoms with E-state index in [1.54, 1.807) is 24.5 Å². The molecule has 6 heteroatoms. The minimum Gasteiger partial charge on any atom is -0.405 e. The van der Waals surface area contributed by atoms with Gasteiger partial charge in [-0.15, -0.1) is 0 Å². The lowest BCUT2D eigenvalue weighted by atomic mass is 9.99. The SMILES string of the molecule is Cc1cc(C)cc(C(=O)NC(c2ccncc2)C2N=C(c3ccccc3)OC2=O)c1. The van der Waals surface area contributed by atoms with Gasteiger partial charge in [0.15, 0.2) is 6.04 Å². The Hall–Kier alpha value is -3.80. The summed E-state index contributed by atoms with van der Waals surface area (Å²) in [6, 6.07) is 16.8. The Kier molecular flexibility index (Phi) is 5.39. The molecule has 1 amide bonds. The fraction of sp³-hybridized carbons (Fsp3) is 0.167. The van der Waals surface area contributed by atoms with E-state index in [-0.39, 0.29) is 11.8 Å². The summed E-state index contributed by atoms with van der Waals surface area (Å²) < 4.78 is 5.43.